The molecule has 0 aromatic heterocycles. The summed E-state index contributed by atoms with van der Waals surface area (Å²) in [5.74, 6) is 1.59. The number of aliphatic imine (C=N–C) groups is 1. The van der Waals surface area contributed by atoms with Crippen molar-refractivity contribution in [1.82, 2.24) is 10.7 Å². The zero-order chi connectivity index (χ0) is 15.8. The van der Waals surface area contributed by atoms with Crippen LogP contribution in [-0.4, -0.2) is 31.4 Å². The molecule has 0 spiro atoms. The maximum atomic E-state index is 5.91. The molecule has 1 aromatic carbocycles. The van der Waals surface area contributed by atoms with Crippen LogP contribution < -0.4 is 15.5 Å². The van der Waals surface area contributed by atoms with Crippen LogP contribution in [-0.2, 0) is 0 Å². The Morgan fingerprint density at radius 3 is 2.96 bits per heavy atom. The minimum absolute atomic E-state index is 0. The lowest BCUT2D eigenvalue weighted by atomic mass is 10.1. The first-order chi connectivity index (χ1) is 10.7. The lowest BCUT2D eigenvalue weighted by Crippen LogP contribution is -2.30. The van der Waals surface area contributed by atoms with Crippen LogP contribution in [0.25, 0.3) is 0 Å². The van der Waals surface area contributed by atoms with Gasteiger partial charge >= 0.3 is 0 Å². The van der Waals surface area contributed by atoms with Crippen LogP contribution in [0.3, 0.4) is 0 Å². The first-order valence-corrected chi connectivity index (χ1v) is 8.51. The monoisotopic (exact) mass is 402 g/mol. The first-order valence-electron chi connectivity index (χ1n) is 7.72. The van der Waals surface area contributed by atoms with Crippen LogP contribution in [0.1, 0.15) is 38.7 Å². The maximum Gasteiger partial charge on any atom is 0.212 e. The summed E-state index contributed by atoms with van der Waals surface area (Å²) in [6.07, 6.45) is 3.45. The molecule has 23 heavy (non-hydrogen) atoms. The van der Waals surface area contributed by atoms with Crippen molar-refractivity contribution in [2.45, 2.75) is 33.1 Å². The Balaban J connectivity index is 0.00000264. The van der Waals surface area contributed by atoms with Gasteiger partial charge in [-0.25, -0.2) is 10.4 Å². The van der Waals surface area contributed by atoms with E-state index in [0.717, 1.165) is 53.6 Å². The molecule has 0 aliphatic carbocycles. The highest BCUT2D eigenvalue weighted by Gasteiger charge is 2.09. The molecule has 0 unspecified atom stereocenters. The van der Waals surface area contributed by atoms with Crippen molar-refractivity contribution in [3.05, 3.63) is 28.2 Å². The molecule has 1 aliphatic heterocycles. The number of nitrogens with zero attached hydrogens (tertiary/aromatic N) is 2. The average molecular weight is 404 g/mol. The van der Waals surface area contributed by atoms with E-state index in [9.17, 15) is 0 Å². The highest BCUT2D eigenvalue weighted by molar-refractivity contribution is 9.10. The van der Waals surface area contributed by atoms with Crippen LogP contribution in [0.2, 0.25) is 0 Å². The number of halogens is 2. The van der Waals surface area contributed by atoms with Gasteiger partial charge in [-0.1, -0.05) is 35.7 Å². The van der Waals surface area contributed by atoms with Crippen LogP contribution in [0.4, 0.5) is 0 Å². The van der Waals surface area contributed by atoms with Gasteiger partial charge in [-0.3, -0.25) is 0 Å². The highest BCUT2D eigenvalue weighted by atomic mass is 79.9. The molecule has 7 heteroatoms. The molecule has 0 radical (unpaired) electrons. The van der Waals surface area contributed by atoms with Gasteiger partial charge in [0, 0.05) is 16.6 Å². The van der Waals surface area contributed by atoms with Crippen molar-refractivity contribution in [2.75, 3.05) is 19.7 Å². The third-order valence-electron chi connectivity index (χ3n) is 3.34. The molecule has 0 bridgehead atoms. The third-order valence-corrected chi connectivity index (χ3v) is 3.83. The zero-order valence-corrected chi connectivity index (χ0v) is 16.0. The summed E-state index contributed by atoms with van der Waals surface area (Å²) in [4.78, 5) is 4.26. The molecule has 1 aliphatic rings. The fourth-order valence-electron chi connectivity index (χ4n) is 2.11. The Hall–Kier alpha value is -1.27. The second kappa shape index (κ2) is 10.5. The van der Waals surface area contributed by atoms with E-state index in [1.54, 1.807) is 0 Å². The van der Waals surface area contributed by atoms with E-state index >= 15 is 0 Å². The lowest BCUT2D eigenvalue weighted by Gasteiger charge is -2.12. The van der Waals surface area contributed by atoms with E-state index in [2.05, 4.69) is 43.7 Å². The number of ether oxygens (including phenoxy) is 1. The van der Waals surface area contributed by atoms with Gasteiger partial charge in [-0.05, 0) is 31.5 Å². The normalized spacial score (nSPS) is 13.9. The van der Waals surface area contributed by atoms with Crippen LogP contribution in [0.5, 0.6) is 5.75 Å². The Morgan fingerprint density at radius 1 is 1.43 bits per heavy atom. The number of unbranched alkanes of at least 4 members (excludes halogenated alkanes) is 2. The Bertz CT molecular complexity index is 563. The lowest BCUT2D eigenvalue weighted by molar-refractivity contribution is 0.305. The van der Waals surface area contributed by atoms with E-state index < -0.39 is 0 Å². The van der Waals surface area contributed by atoms with Crippen molar-refractivity contribution in [1.29, 1.82) is 0 Å². The molecular weight excluding hydrogens is 380 g/mol. The Kier molecular flexibility index (Phi) is 9.02. The summed E-state index contributed by atoms with van der Waals surface area (Å²) < 4.78 is 6.92. The van der Waals surface area contributed by atoms with Gasteiger partial charge in [0.25, 0.3) is 0 Å². The number of rotatable bonds is 7. The standard InChI is InChI=1S/C16H23BrN4O.ClH/c1-3-4-5-10-22-15-7-6-13(17)11-14(15)12(2)20-21-16-18-8-9-19-16;/h6-7,11H,3-5,8-10H2,1-2H3,(H2,18,19,21);1H. The number of hydrogen-bond acceptors (Lipinski definition) is 5. The van der Waals surface area contributed by atoms with Crippen molar-refractivity contribution in [3.8, 4) is 5.75 Å². The molecule has 0 saturated heterocycles. The topological polar surface area (TPSA) is 58.0 Å². The second-order valence-corrected chi connectivity index (χ2v) is 6.08. The average Bonchev–Trinajstić information content (AvgIpc) is 3.03. The predicted molar refractivity (Wildman–Crippen MR) is 102 cm³/mol. The summed E-state index contributed by atoms with van der Waals surface area (Å²) in [6, 6.07) is 6.00. The van der Waals surface area contributed by atoms with E-state index in [-0.39, 0.29) is 12.4 Å². The number of guanidine groups is 1. The second-order valence-electron chi connectivity index (χ2n) is 5.16. The SMILES string of the molecule is CCCCCOc1ccc(Br)cc1C(C)=NNC1=NCCN1.Cl. The smallest absolute Gasteiger partial charge is 0.212 e. The predicted octanol–water partition coefficient (Wildman–Crippen LogP) is 3.71. The first kappa shape index (κ1) is 19.8. The van der Waals surface area contributed by atoms with Gasteiger partial charge in [0.2, 0.25) is 5.96 Å². The molecule has 1 aromatic rings. The fraction of sp³-hybridized carbons (Fsp3) is 0.500. The minimum Gasteiger partial charge on any atom is -0.493 e. The summed E-state index contributed by atoms with van der Waals surface area (Å²) in [5.41, 5.74) is 4.81. The molecular formula is C16H24BrClN4O. The molecule has 5 nitrogen and oxygen atoms in total. The number of nitrogens with one attached hydrogen (secondary N) is 2. The van der Waals surface area contributed by atoms with E-state index in [1.807, 2.05) is 25.1 Å². The van der Waals surface area contributed by atoms with Crippen molar-refractivity contribution in [3.63, 3.8) is 0 Å². The van der Waals surface area contributed by atoms with Gasteiger partial charge in [-0.2, -0.15) is 5.10 Å². The molecule has 0 fully saturated rings. The Morgan fingerprint density at radius 2 is 2.26 bits per heavy atom. The largest absolute Gasteiger partial charge is 0.493 e. The molecule has 0 atom stereocenters. The molecule has 0 amide bonds. The summed E-state index contributed by atoms with van der Waals surface area (Å²) in [6.45, 7) is 6.53. The van der Waals surface area contributed by atoms with Crippen molar-refractivity contribution in [2.24, 2.45) is 10.1 Å². The number of hydrogen-bond donors (Lipinski definition) is 2. The van der Waals surface area contributed by atoms with Gasteiger partial charge in [0.15, 0.2) is 0 Å². The molecule has 2 rings (SSSR count). The summed E-state index contributed by atoms with van der Waals surface area (Å²) in [7, 11) is 0. The highest BCUT2D eigenvalue weighted by Crippen LogP contribution is 2.24. The quantitative estimate of drug-likeness (QED) is 0.414. The minimum atomic E-state index is 0. The number of hydrazone groups is 1. The van der Waals surface area contributed by atoms with Crippen LogP contribution in [0.15, 0.2) is 32.8 Å². The van der Waals surface area contributed by atoms with Gasteiger partial charge in [0.05, 0.1) is 18.9 Å². The summed E-state index contributed by atoms with van der Waals surface area (Å²) in [5, 5.41) is 7.52. The van der Waals surface area contributed by atoms with Gasteiger partial charge in [-0.15, -0.1) is 12.4 Å². The van der Waals surface area contributed by atoms with Crippen LogP contribution >= 0.6 is 28.3 Å². The van der Waals surface area contributed by atoms with E-state index in [1.165, 1.54) is 12.8 Å². The van der Waals surface area contributed by atoms with Crippen LogP contribution in [0, 0.1) is 0 Å². The molecule has 0 saturated carbocycles. The maximum absolute atomic E-state index is 5.91. The molecule has 1 heterocycles. The Labute approximate surface area is 152 Å². The number of benzene rings is 1. The molecule has 2 N–H and O–H groups in total. The van der Waals surface area contributed by atoms with Crippen molar-refractivity contribution >= 4 is 40.0 Å². The van der Waals surface area contributed by atoms with Gasteiger partial charge < -0.3 is 10.1 Å². The summed E-state index contributed by atoms with van der Waals surface area (Å²) >= 11 is 3.51. The van der Waals surface area contributed by atoms with Gasteiger partial charge in [0.1, 0.15) is 5.75 Å². The van der Waals surface area contributed by atoms with Crippen molar-refractivity contribution < 1.29 is 4.74 Å². The van der Waals surface area contributed by atoms with E-state index in [4.69, 9.17) is 4.74 Å². The zero-order valence-electron chi connectivity index (χ0n) is 13.6. The molecule has 128 valence electrons. The van der Waals surface area contributed by atoms with E-state index in [0.29, 0.717) is 0 Å². The fourth-order valence-corrected chi connectivity index (χ4v) is 2.48. The third kappa shape index (κ3) is 6.39.